The van der Waals surface area contributed by atoms with Gasteiger partial charge in [0, 0.05) is 16.8 Å². The summed E-state index contributed by atoms with van der Waals surface area (Å²) < 4.78 is 10.8. The molecule has 3 aromatic rings. The van der Waals surface area contributed by atoms with E-state index in [0.717, 1.165) is 11.1 Å². The van der Waals surface area contributed by atoms with Gasteiger partial charge in [-0.15, -0.1) is 0 Å². The summed E-state index contributed by atoms with van der Waals surface area (Å²) in [6.45, 7) is 3.86. The molecule has 1 fully saturated rings. The lowest BCUT2D eigenvalue weighted by Crippen LogP contribution is -2.30. The van der Waals surface area contributed by atoms with Gasteiger partial charge in [0.1, 0.15) is 17.3 Å². The highest BCUT2D eigenvalue weighted by molar-refractivity contribution is 6.51. The van der Waals surface area contributed by atoms with Gasteiger partial charge in [-0.2, -0.15) is 0 Å². The number of anilines is 1. The van der Waals surface area contributed by atoms with E-state index < -0.39 is 17.7 Å². The number of para-hydroxylation sites is 1. The van der Waals surface area contributed by atoms with E-state index in [2.05, 4.69) is 0 Å². The van der Waals surface area contributed by atoms with E-state index in [0.29, 0.717) is 28.3 Å². The van der Waals surface area contributed by atoms with Crippen molar-refractivity contribution in [2.75, 3.05) is 19.1 Å². The normalized spacial score (nSPS) is 17.3. The maximum Gasteiger partial charge on any atom is 0.300 e. The minimum Gasteiger partial charge on any atom is -0.507 e. The van der Waals surface area contributed by atoms with Gasteiger partial charge in [-0.05, 0) is 43.7 Å². The first-order valence-electron chi connectivity index (χ1n) is 10.5. The lowest BCUT2D eigenvalue weighted by atomic mass is 9.94. The number of aliphatic hydroxyl groups excluding tert-OH is 1. The van der Waals surface area contributed by atoms with Crippen LogP contribution in [0, 0.1) is 13.8 Å². The van der Waals surface area contributed by atoms with Gasteiger partial charge < -0.3 is 14.6 Å². The van der Waals surface area contributed by atoms with Crippen LogP contribution in [0.2, 0.25) is 0 Å². The number of aryl methyl sites for hydroxylation is 2. The highest BCUT2D eigenvalue weighted by Crippen LogP contribution is 2.45. The Morgan fingerprint density at radius 2 is 1.67 bits per heavy atom. The number of ether oxygens (including phenoxy) is 2. The molecular weight excluding hydrogens is 418 g/mol. The zero-order valence-electron chi connectivity index (χ0n) is 19.0. The van der Waals surface area contributed by atoms with Crippen molar-refractivity contribution in [2.45, 2.75) is 19.9 Å². The van der Waals surface area contributed by atoms with Crippen LogP contribution in [-0.4, -0.2) is 31.0 Å². The number of hydrogen-bond donors (Lipinski definition) is 1. The smallest absolute Gasteiger partial charge is 0.300 e. The molecule has 6 nitrogen and oxygen atoms in total. The third kappa shape index (κ3) is 3.84. The molecule has 4 rings (SSSR count). The average molecular weight is 443 g/mol. The molecule has 1 atom stereocenters. The molecule has 0 spiro atoms. The van der Waals surface area contributed by atoms with Crippen molar-refractivity contribution in [1.82, 2.24) is 0 Å². The lowest BCUT2D eigenvalue weighted by molar-refractivity contribution is -0.132. The Morgan fingerprint density at radius 3 is 2.36 bits per heavy atom. The Morgan fingerprint density at radius 1 is 0.909 bits per heavy atom. The predicted molar refractivity (Wildman–Crippen MR) is 127 cm³/mol. The molecule has 1 saturated heterocycles. The molecular formula is C27H25NO5. The maximum absolute atomic E-state index is 13.4. The van der Waals surface area contributed by atoms with Gasteiger partial charge in [-0.25, -0.2) is 0 Å². The highest BCUT2D eigenvalue weighted by Gasteiger charge is 2.48. The molecule has 1 amide bonds. The monoisotopic (exact) mass is 443 g/mol. The molecule has 1 heterocycles. The van der Waals surface area contributed by atoms with Crippen LogP contribution in [0.25, 0.3) is 5.76 Å². The molecule has 1 N–H and O–H groups in total. The third-order valence-corrected chi connectivity index (χ3v) is 5.83. The van der Waals surface area contributed by atoms with Crippen molar-refractivity contribution in [3.8, 4) is 11.5 Å². The largest absolute Gasteiger partial charge is 0.507 e. The number of methoxy groups -OCH3 is 2. The summed E-state index contributed by atoms with van der Waals surface area (Å²) in [6, 6.07) is 18.7. The zero-order chi connectivity index (χ0) is 23.7. The Bertz CT molecular complexity index is 1280. The van der Waals surface area contributed by atoms with Crippen LogP contribution >= 0.6 is 0 Å². The summed E-state index contributed by atoms with van der Waals surface area (Å²) >= 11 is 0. The third-order valence-electron chi connectivity index (χ3n) is 5.83. The quantitative estimate of drug-likeness (QED) is 0.343. The topological polar surface area (TPSA) is 76.1 Å². The second-order valence-electron chi connectivity index (χ2n) is 7.93. The van der Waals surface area contributed by atoms with Crippen LogP contribution in [-0.2, 0) is 9.59 Å². The first kappa shape index (κ1) is 22.1. The van der Waals surface area contributed by atoms with Gasteiger partial charge in [0.25, 0.3) is 11.7 Å². The maximum atomic E-state index is 13.4. The number of benzene rings is 3. The number of aliphatic hydroxyl groups is 1. The fourth-order valence-corrected chi connectivity index (χ4v) is 4.27. The molecule has 3 aromatic carbocycles. The summed E-state index contributed by atoms with van der Waals surface area (Å²) in [4.78, 5) is 28.1. The standard InChI is InChI=1S/C27H25NO5/c1-16-12-13-21(17(2)14-16)28-24(20-10-5-6-11-22(20)33-4)23(26(30)27(28)31)25(29)18-8-7-9-19(15-18)32-3/h5-15,24,29H,1-4H3/b25-23+. The second-order valence-corrected chi connectivity index (χ2v) is 7.93. The van der Waals surface area contributed by atoms with Gasteiger partial charge >= 0.3 is 0 Å². The highest BCUT2D eigenvalue weighted by atomic mass is 16.5. The van der Waals surface area contributed by atoms with Gasteiger partial charge in [0.2, 0.25) is 0 Å². The molecule has 1 aliphatic heterocycles. The zero-order valence-corrected chi connectivity index (χ0v) is 19.0. The number of carbonyl (C=O) groups excluding carboxylic acids is 2. The molecule has 0 aliphatic carbocycles. The molecule has 6 heteroatoms. The van der Waals surface area contributed by atoms with Gasteiger partial charge in [-0.3, -0.25) is 14.5 Å². The van der Waals surface area contributed by atoms with Gasteiger partial charge in [0.05, 0.1) is 25.8 Å². The van der Waals surface area contributed by atoms with Crippen molar-refractivity contribution < 1.29 is 24.2 Å². The molecule has 0 bridgehead atoms. The van der Waals surface area contributed by atoms with Crippen LogP contribution in [0.15, 0.2) is 72.3 Å². The van der Waals surface area contributed by atoms with E-state index in [-0.39, 0.29) is 11.3 Å². The Kier molecular flexibility index (Phi) is 5.92. The molecule has 168 valence electrons. The number of Topliss-reactive ketones (excluding diaryl/α,β-unsaturated/α-hetero) is 1. The number of ketones is 1. The minimum absolute atomic E-state index is 0.00210. The molecule has 1 aliphatic rings. The predicted octanol–water partition coefficient (Wildman–Crippen LogP) is 4.95. The van der Waals surface area contributed by atoms with E-state index in [4.69, 9.17) is 9.47 Å². The summed E-state index contributed by atoms with van der Waals surface area (Å²) in [5.41, 5.74) is 3.47. The Balaban J connectivity index is 2.01. The number of amides is 1. The second kappa shape index (κ2) is 8.82. The summed E-state index contributed by atoms with van der Waals surface area (Å²) in [6.07, 6.45) is 0. The van der Waals surface area contributed by atoms with Crippen molar-refractivity contribution in [3.05, 3.63) is 94.6 Å². The number of carbonyl (C=O) groups is 2. The molecule has 1 unspecified atom stereocenters. The summed E-state index contributed by atoms with van der Waals surface area (Å²) in [7, 11) is 3.05. The first-order valence-corrected chi connectivity index (χ1v) is 10.5. The number of hydrogen-bond acceptors (Lipinski definition) is 5. The SMILES string of the molecule is COc1cccc(/C(O)=C2\C(=O)C(=O)N(c3ccc(C)cc3C)C2c2ccccc2OC)c1. The van der Waals surface area contributed by atoms with Crippen LogP contribution in [0.5, 0.6) is 11.5 Å². The summed E-state index contributed by atoms with van der Waals surface area (Å²) in [5.74, 6) is -0.698. The minimum atomic E-state index is -0.867. The number of rotatable bonds is 5. The van der Waals surface area contributed by atoms with Crippen molar-refractivity contribution in [1.29, 1.82) is 0 Å². The Labute approximate surface area is 192 Å². The first-order chi connectivity index (χ1) is 15.9. The van der Waals surface area contributed by atoms with E-state index in [1.807, 2.05) is 44.2 Å². The molecule has 0 saturated carbocycles. The van der Waals surface area contributed by atoms with E-state index in [1.54, 1.807) is 36.4 Å². The average Bonchev–Trinajstić information content (AvgIpc) is 3.08. The van der Waals surface area contributed by atoms with Crippen LogP contribution in [0.3, 0.4) is 0 Å². The van der Waals surface area contributed by atoms with E-state index in [1.165, 1.54) is 19.1 Å². The van der Waals surface area contributed by atoms with Gasteiger partial charge in [0.15, 0.2) is 0 Å². The summed E-state index contributed by atoms with van der Waals surface area (Å²) in [5, 5.41) is 11.3. The van der Waals surface area contributed by atoms with Crippen molar-refractivity contribution in [2.24, 2.45) is 0 Å². The van der Waals surface area contributed by atoms with Crippen LogP contribution in [0.4, 0.5) is 5.69 Å². The van der Waals surface area contributed by atoms with Crippen molar-refractivity contribution in [3.63, 3.8) is 0 Å². The van der Waals surface area contributed by atoms with Crippen molar-refractivity contribution >= 4 is 23.1 Å². The molecule has 33 heavy (non-hydrogen) atoms. The molecule has 0 radical (unpaired) electrons. The van der Waals surface area contributed by atoms with Gasteiger partial charge in [-0.1, -0.05) is 48.0 Å². The van der Waals surface area contributed by atoms with Crippen LogP contribution < -0.4 is 14.4 Å². The van der Waals surface area contributed by atoms with E-state index in [9.17, 15) is 14.7 Å². The fraction of sp³-hybridized carbons (Fsp3) is 0.185. The van der Waals surface area contributed by atoms with E-state index >= 15 is 0 Å². The molecule has 0 aromatic heterocycles. The lowest BCUT2D eigenvalue weighted by Gasteiger charge is -2.28. The fourth-order valence-electron chi connectivity index (χ4n) is 4.27. The number of nitrogens with zero attached hydrogens (tertiary/aromatic N) is 1. The van der Waals surface area contributed by atoms with Crippen LogP contribution in [0.1, 0.15) is 28.3 Å². The Hall–Kier alpha value is -4.06.